The van der Waals surface area contributed by atoms with Crippen molar-refractivity contribution in [3.63, 3.8) is 0 Å². The third-order valence-electron chi connectivity index (χ3n) is 5.67. The van der Waals surface area contributed by atoms with Gasteiger partial charge in [-0.3, -0.25) is 9.36 Å². The minimum absolute atomic E-state index is 0.0315. The number of unbranched alkanes of at least 4 members (excludes halogenated alkanes) is 8. The molecule has 0 saturated carbocycles. The molecule has 0 aliphatic carbocycles. The van der Waals surface area contributed by atoms with Crippen LogP contribution in [0.2, 0.25) is 0 Å². The molecule has 12 nitrogen and oxygen atoms in total. The van der Waals surface area contributed by atoms with Gasteiger partial charge in [0.25, 0.3) is 0 Å². The summed E-state index contributed by atoms with van der Waals surface area (Å²) in [6.07, 6.45) is 6.53. The lowest BCUT2D eigenvalue weighted by Gasteiger charge is -2.26. The highest BCUT2D eigenvalue weighted by molar-refractivity contribution is 5.69. The predicted molar refractivity (Wildman–Crippen MR) is 120 cm³/mol. The molecule has 33 heavy (non-hydrogen) atoms. The zero-order valence-corrected chi connectivity index (χ0v) is 19.0. The summed E-state index contributed by atoms with van der Waals surface area (Å²) < 4.78 is 11.6. The minimum atomic E-state index is -2.09. The Morgan fingerprint density at radius 1 is 1.27 bits per heavy atom. The molecule has 1 aliphatic heterocycles. The van der Waals surface area contributed by atoms with Crippen LogP contribution in [0.4, 0.5) is 5.82 Å². The molecule has 0 spiro atoms. The van der Waals surface area contributed by atoms with Gasteiger partial charge >= 0.3 is 11.7 Å². The maximum Gasteiger partial charge on any atom is 0.351 e. The van der Waals surface area contributed by atoms with Crippen LogP contribution in [0.3, 0.4) is 0 Å². The number of hydrogen-bond acceptors (Lipinski definition) is 9. The molecule has 12 heteroatoms. The first-order valence-electron chi connectivity index (χ1n) is 11.4. The normalized spacial score (nSPS) is 24.4. The minimum Gasteiger partial charge on any atom is -0.462 e. The fourth-order valence-corrected chi connectivity index (χ4v) is 3.75. The van der Waals surface area contributed by atoms with E-state index < -0.39 is 42.4 Å². The zero-order chi connectivity index (χ0) is 24.3. The molecule has 4 N–H and O–H groups in total. The Morgan fingerprint density at radius 2 is 1.91 bits per heavy atom. The molecule has 1 aliphatic rings. The van der Waals surface area contributed by atoms with Gasteiger partial charge in [0.2, 0.25) is 5.72 Å². The Morgan fingerprint density at radius 3 is 2.52 bits per heavy atom. The van der Waals surface area contributed by atoms with E-state index in [0.29, 0.717) is 6.42 Å². The second-order valence-corrected chi connectivity index (χ2v) is 8.26. The molecule has 2 heterocycles. The third kappa shape index (κ3) is 7.43. The number of esters is 1. The van der Waals surface area contributed by atoms with Gasteiger partial charge in [0.05, 0.1) is 0 Å². The van der Waals surface area contributed by atoms with Gasteiger partial charge in [-0.15, -0.1) is 0 Å². The number of ether oxygens (including phenoxy) is 2. The Balaban J connectivity index is 1.86. The zero-order valence-electron chi connectivity index (χ0n) is 19.0. The number of aromatic nitrogens is 2. The highest BCUT2D eigenvalue weighted by atomic mass is 16.6. The lowest BCUT2D eigenvalue weighted by molar-refractivity contribution is -0.165. The van der Waals surface area contributed by atoms with Gasteiger partial charge < -0.3 is 25.4 Å². The van der Waals surface area contributed by atoms with Gasteiger partial charge in [-0.1, -0.05) is 63.4 Å². The van der Waals surface area contributed by atoms with Crippen molar-refractivity contribution < 1.29 is 24.5 Å². The lowest BCUT2D eigenvalue weighted by Crippen LogP contribution is -2.45. The van der Waals surface area contributed by atoms with Crippen LogP contribution in [0.25, 0.3) is 10.4 Å². The average Bonchev–Trinajstić information content (AvgIpc) is 3.02. The van der Waals surface area contributed by atoms with Crippen LogP contribution < -0.4 is 11.4 Å². The van der Waals surface area contributed by atoms with E-state index >= 15 is 0 Å². The van der Waals surface area contributed by atoms with Gasteiger partial charge in [0.15, 0.2) is 6.23 Å². The van der Waals surface area contributed by atoms with E-state index in [0.717, 1.165) is 23.8 Å². The molecule has 0 bridgehead atoms. The van der Waals surface area contributed by atoms with Crippen LogP contribution in [0.5, 0.6) is 0 Å². The van der Waals surface area contributed by atoms with E-state index in [1.807, 2.05) is 0 Å². The van der Waals surface area contributed by atoms with Gasteiger partial charge in [-0.05, 0) is 18.0 Å². The summed E-state index contributed by atoms with van der Waals surface area (Å²) in [5.74, 6) is -0.568. The first-order valence-corrected chi connectivity index (χ1v) is 11.4. The summed E-state index contributed by atoms with van der Waals surface area (Å²) in [5, 5.41) is 24.3. The molecule has 0 aromatic carbocycles. The highest BCUT2D eigenvalue weighted by Crippen LogP contribution is 2.38. The number of azide groups is 1. The Labute approximate surface area is 192 Å². The van der Waals surface area contributed by atoms with E-state index in [9.17, 15) is 19.8 Å². The molecule has 1 saturated heterocycles. The number of aliphatic hydroxyl groups excluding tert-OH is 2. The van der Waals surface area contributed by atoms with Gasteiger partial charge in [0.1, 0.15) is 24.6 Å². The molecule has 1 fully saturated rings. The van der Waals surface area contributed by atoms with E-state index in [-0.39, 0.29) is 12.2 Å². The number of nitrogen functional groups attached to an aromatic ring is 1. The van der Waals surface area contributed by atoms with Crippen LogP contribution in [-0.4, -0.2) is 50.3 Å². The largest absolute Gasteiger partial charge is 0.462 e. The third-order valence-corrected chi connectivity index (χ3v) is 5.67. The fourth-order valence-electron chi connectivity index (χ4n) is 3.75. The van der Waals surface area contributed by atoms with E-state index in [2.05, 4.69) is 21.9 Å². The molecule has 2 rings (SSSR count). The molecule has 1 aromatic rings. The second kappa shape index (κ2) is 13.1. The fraction of sp³-hybridized carbons (Fsp3) is 0.762. The maximum atomic E-state index is 12.1. The summed E-state index contributed by atoms with van der Waals surface area (Å²) in [4.78, 5) is 30.4. The van der Waals surface area contributed by atoms with Crippen molar-refractivity contribution in [2.75, 3.05) is 12.3 Å². The Hall–Kier alpha value is -2.66. The van der Waals surface area contributed by atoms with Gasteiger partial charge in [-0.25, -0.2) is 4.79 Å². The molecular formula is C21H34N6O6. The number of anilines is 1. The number of carbonyl (C=O) groups is 1. The van der Waals surface area contributed by atoms with Crippen molar-refractivity contribution in [2.24, 2.45) is 5.11 Å². The molecule has 1 aromatic heterocycles. The number of nitrogens with two attached hydrogens (primary N) is 1. The van der Waals surface area contributed by atoms with E-state index in [4.69, 9.17) is 20.7 Å². The molecule has 184 valence electrons. The van der Waals surface area contributed by atoms with Crippen LogP contribution in [0.15, 0.2) is 22.2 Å². The summed E-state index contributed by atoms with van der Waals surface area (Å²) >= 11 is 0. The first kappa shape index (κ1) is 26.6. The topological polar surface area (TPSA) is 186 Å². The van der Waals surface area contributed by atoms with Crippen molar-refractivity contribution in [3.8, 4) is 0 Å². The van der Waals surface area contributed by atoms with Gasteiger partial charge in [-0.2, -0.15) is 4.98 Å². The standard InChI is InChI=1S/C21H34N6O6/c1-2-3-4-5-6-7-8-9-10-11-16(28)32-14-21(25-26-23)18(30)17(29)19(33-21)27-13-12-15(22)24-20(27)31/h12-13,17-19,29-30H,2-11,14H2,1H3,(H2,22,24,31)/t17-,18+,19-,21-/m1/s1. The number of rotatable bonds is 14. The second-order valence-electron chi connectivity index (χ2n) is 8.26. The summed E-state index contributed by atoms with van der Waals surface area (Å²) in [5.41, 5.74) is 11.5. The van der Waals surface area contributed by atoms with Crippen LogP contribution in [0, 0.1) is 0 Å². The first-order chi connectivity index (χ1) is 15.8. The van der Waals surface area contributed by atoms with Crippen molar-refractivity contribution in [2.45, 2.75) is 95.3 Å². The molecule has 0 radical (unpaired) electrons. The van der Waals surface area contributed by atoms with Gasteiger partial charge in [0, 0.05) is 17.5 Å². The molecule has 4 atom stereocenters. The quantitative estimate of drug-likeness (QED) is 0.123. The number of aliphatic hydroxyl groups is 2. The molecular weight excluding hydrogens is 432 g/mol. The number of carbonyl (C=O) groups excluding carboxylic acids is 1. The summed E-state index contributed by atoms with van der Waals surface area (Å²) in [6, 6.07) is 1.31. The smallest absolute Gasteiger partial charge is 0.351 e. The lowest BCUT2D eigenvalue weighted by atomic mass is 10.1. The Kier molecular flexibility index (Phi) is 10.6. The van der Waals surface area contributed by atoms with Crippen molar-refractivity contribution in [3.05, 3.63) is 33.2 Å². The number of nitrogens with zero attached hydrogens (tertiary/aromatic N) is 5. The monoisotopic (exact) mass is 466 g/mol. The average molecular weight is 467 g/mol. The number of hydrogen-bond donors (Lipinski definition) is 3. The van der Waals surface area contributed by atoms with Crippen molar-refractivity contribution >= 4 is 11.8 Å². The summed E-state index contributed by atoms with van der Waals surface area (Å²) in [6.45, 7) is 1.57. The molecule has 0 unspecified atom stereocenters. The SMILES string of the molecule is CCCCCCCCCCCC(=O)OC[C@@]1(N=[N+]=[N-])O[C@@H](n2ccc(N)nc2=O)[C@H](O)[C@@H]1O. The Bertz CT molecular complexity index is 873. The molecule has 0 amide bonds. The van der Waals surface area contributed by atoms with Crippen LogP contribution >= 0.6 is 0 Å². The van der Waals surface area contributed by atoms with E-state index in [1.165, 1.54) is 44.4 Å². The van der Waals surface area contributed by atoms with Crippen LogP contribution in [0.1, 0.15) is 77.4 Å². The highest BCUT2D eigenvalue weighted by Gasteiger charge is 2.56. The van der Waals surface area contributed by atoms with Crippen molar-refractivity contribution in [1.29, 1.82) is 0 Å². The predicted octanol–water partition coefficient (Wildman–Crippen LogP) is 2.55. The summed E-state index contributed by atoms with van der Waals surface area (Å²) in [7, 11) is 0. The van der Waals surface area contributed by atoms with Crippen molar-refractivity contribution in [1.82, 2.24) is 9.55 Å². The maximum absolute atomic E-state index is 12.1. The van der Waals surface area contributed by atoms with E-state index in [1.54, 1.807) is 0 Å². The van der Waals surface area contributed by atoms with Crippen LogP contribution in [-0.2, 0) is 14.3 Å².